The average Bonchev–Trinajstić information content (AvgIpc) is 2.38. The van der Waals surface area contributed by atoms with E-state index in [9.17, 15) is 13.6 Å². The van der Waals surface area contributed by atoms with E-state index in [-0.39, 0.29) is 19.6 Å². The average molecular weight is 247 g/mol. The molecule has 17 heavy (non-hydrogen) atoms. The topological polar surface area (TPSA) is 38.3 Å². The molecule has 2 fully saturated rings. The van der Waals surface area contributed by atoms with Crippen molar-refractivity contribution in [2.45, 2.75) is 38.5 Å². The Labute approximate surface area is 99.9 Å². The highest BCUT2D eigenvalue weighted by Gasteiger charge is 2.65. The molecule has 2 atom stereocenters. The van der Waals surface area contributed by atoms with Gasteiger partial charge in [0.25, 0.3) is 5.92 Å². The number of fused-ring (bicyclic) bond motifs is 2. The molecule has 1 saturated heterocycles. The molecular formula is C12H19F2NO2. The number of carbonyl (C=O) groups excluding carboxylic acids is 1. The molecule has 0 aromatic rings. The minimum Gasteiger partial charge on any atom is -0.465 e. The first-order valence-electron chi connectivity index (χ1n) is 6.30. The van der Waals surface area contributed by atoms with Crippen molar-refractivity contribution in [2.75, 3.05) is 19.7 Å². The van der Waals surface area contributed by atoms with E-state index in [2.05, 4.69) is 5.32 Å². The molecule has 0 radical (unpaired) electrons. The fourth-order valence-corrected chi connectivity index (χ4v) is 3.03. The second-order valence-corrected chi connectivity index (χ2v) is 5.00. The lowest BCUT2D eigenvalue weighted by molar-refractivity contribution is -0.206. The van der Waals surface area contributed by atoms with Gasteiger partial charge >= 0.3 is 5.97 Å². The van der Waals surface area contributed by atoms with Crippen molar-refractivity contribution in [3.8, 4) is 0 Å². The summed E-state index contributed by atoms with van der Waals surface area (Å²) in [6.45, 7) is 2.14. The normalized spacial score (nSPS) is 36.1. The zero-order chi connectivity index (χ0) is 12.5. The van der Waals surface area contributed by atoms with Gasteiger partial charge in [0.2, 0.25) is 0 Å². The van der Waals surface area contributed by atoms with Gasteiger partial charge in [-0.1, -0.05) is 12.8 Å². The van der Waals surface area contributed by atoms with E-state index in [0.717, 1.165) is 6.42 Å². The SMILES string of the molecule is CCOC(=O)C12CCCCC(CNC1)C2(F)F. The first-order chi connectivity index (χ1) is 8.04. The Morgan fingerprint density at radius 2 is 2.24 bits per heavy atom. The van der Waals surface area contributed by atoms with E-state index in [4.69, 9.17) is 4.74 Å². The van der Waals surface area contributed by atoms with Crippen LogP contribution in [0.5, 0.6) is 0 Å². The number of nitrogens with one attached hydrogen (secondary N) is 1. The summed E-state index contributed by atoms with van der Waals surface area (Å²) >= 11 is 0. The summed E-state index contributed by atoms with van der Waals surface area (Å²) in [7, 11) is 0. The Morgan fingerprint density at radius 1 is 1.47 bits per heavy atom. The lowest BCUT2D eigenvalue weighted by Gasteiger charge is -2.44. The molecule has 0 aromatic carbocycles. The van der Waals surface area contributed by atoms with Crippen LogP contribution < -0.4 is 5.32 Å². The number of esters is 1. The van der Waals surface area contributed by atoms with Crippen molar-refractivity contribution in [3.63, 3.8) is 0 Å². The zero-order valence-corrected chi connectivity index (χ0v) is 10.1. The Kier molecular flexibility index (Phi) is 3.39. The van der Waals surface area contributed by atoms with Crippen LogP contribution in [0, 0.1) is 11.3 Å². The summed E-state index contributed by atoms with van der Waals surface area (Å²) in [6.07, 6.45) is 2.15. The molecule has 1 aliphatic heterocycles. The van der Waals surface area contributed by atoms with Crippen molar-refractivity contribution >= 4 is 5.97 Å². The lowest BCUT2D eigenvalue weighted by atomic mass is 9.71. The number of rotatable bonds is 2. The van der Waals surface area contributed by atoms with Crippen molar-refractivity contribution < 1.29 is 18.3 Å². The Bertz CT molecular complexity index is 309. The van der Waals surface area contributed by atoms with Gasteiger partial charge in [0.1, 0.15) is 5.41 Å². The largest absolute Gasteiger partial charge is 0.465 e. The summed E-state index contributed by atoms with van der Waals surface area (Å²) in [5.41, 5.74) is -1.64. The molecule has 1 N–H and O–H groups in total. The number of carbonyl (C=O) groups is 1. The molecule has 1 aliphatic carbocycles. The summed E-state index contributed by atoms with van der Waals surface area (Å²) in [5.74, 6) is -4.41. The van der Waals surface area contributed by atoms with Gasteiger partial charge in [-0.05, 0) is 19.8 Å². The van der Waals surface area contributed by atoms with Gasteiger partial charge in [-0.3, -0.25) is 4.79 Å². The molecule has 2 unspecified atom stereocenters. The number of alkyl halides is 2. The monoisotopic (exact) mass is 247 g/mol. The van der Waals surface area contributed by atoms with Crippen LogP contribution in [0.3, 0.4) is 0 Å². The van der Waals surface area contributed by atoms with Crippen molar-refractivity contribution in [3.05, 3.63) is 0 Å². The number of piperidine rings is 1. The van der Waals surface area contributed by atoms with Crippen LogP contribution in [0.4, 0.5) is 8.78 Å². The summed E-state index contributed by atoms with van der Waals surface area (Å²) in [5, 5.41) is 2.98. The van der Waals surface area contributed by atoms with Crippen LogP contribution in [0.25, 0.3) is 0 Å². The highest BCUT2D eigenvalue weighted by molar-refractivity contribution is 5.79. The second kappa shape index (κ2) is 4.52. The predicted molar refractivity (Wildman–Crippen MR) is 58.8 cm³/mol. The van der Waals surface area contributed by atoms with E-state index >= 15 is 0 Å². The van der Waals surface area contributed by atoms with Crippen LogP contribution in [0.1, 0.15) is 32.6 Å². The third kappa shape index (κ3) is 1.84. The highest BCUT2D eigenvalue weighted by Crippen LogP contribution is 2.52. The highest BCUT2D eigenvalue weighted by atomic mass is 19.3. The summed E-state index contributed by atoms with van der Waals surface area (Å²) in [6, 6.07) is 0. The molecule has 0 spiro atoms. The molecule has 0 amide bonds. The van der Waals surface area contributed by atoms with Gasteiger partial charge in [-0.15, -0.1) is 0 Å². The Balaban J connectivity index is 2.35. The van der Waals surface area contributed by atoms with E-state index in [1.807, 2.05) is 0 Å². The summed E-state index contributed by atoms with van der Waals surface area (Å²) in [4.78, 5) is 12.0. The molecular weight excluding hydrogens is 228 g/mol. The van der Waals surface area contributed by atoms with Crippen LogP contribution in [0.15, 0.2) is 0 Å². The van der Waals surface area contributed by atoms with Gasteiger partial charge in [0.15, 0.2) is 0 Å². The molecule has 98 valence electrons. The number of hydrogen-bond acceptors (Lipinski definition) is 3. The summed E-state index contributed by atoms with van der Waals surface area (Å²) < 4.78 is 33.8. The second-order valence-electron chi connectivity index (χ2n) is 5.00. The molecule has 2 rings (SSSR count). The Hall–Kier alpha value is -0.710. The third-order valence-corrected chi connectivity index (χ3v) is 4.04. The lowest BCUT2D eigenvalue weighted by Crippen LogP contribution is -2.62. The van der Waals surface area contributed by atoms with Crippen LogP contribution in [-0.4, -0.2) is 31.6 Å². The minimum absolute atomic E-state index is 0.0370. The van der Waals surface area contributed by atoms with Crippen LogP contribution >= 0.6 is 0 Å². The zero-order valence-electron chi connectivity index (χ0n) is 10.1. The van der Waals surface area contributed by atoms with Gasteiger partial charge < -0.3 is 10.1 Å². The Morgan fingerprint density at radius 3 is 2.94 bits per heavy atom. The van der Waals surface area contributed by atoms with Gasteiger partial charge in [0, 0.05) is 19.0 Å². The van der Waals surface area contributed by atoms with Crippen molar-refractivity contribution in [1.82, 2.24) is 5.32 Å². The smallest absolute Gasteiger partial charge is 0.319 e. The molecule has 2 bridgehead atoms. The first-order valence-corrected chi connectivity index (χ1v) is 6.30. The van der Waals surface area contributed by atoms with Crippen molar-refractivity contribution in [1.29, 1.82) is 0 Å². The third-order valence-electron chi connectivity index (χ3n) is 4.04. The maximum Gasteiger partial charge on any atom is 0.319 e. The number of hydrogen-bond donors (Lipinski definition) is 1. The molecule has 5 heteroatoms. The van der Waals surface area contributed by atoms with E-state index in [1.54, 1.807) is 6.92 Å². The number of halogens is 2. The maximum atomic E-state index is 14.5. The standard InChI is InChI=1S/C12H19F2NO2/c1-2-17-10(16)11-6-4-3-5-9(7-15-8-11)12(11,13)14/h9,15H,2-8H2,1H3. The molecule has 2 aliphatic rings. The maximum absolute atomic E-state index is 14.5. The van der Waals surface area contributed by atoms with E-state index < -0.39 is 23.2 Å². The molecule has 3 nitrogen and oxygen atoms in total. The predicted octanol–water partition coefficient (Wildman–Crippen LogP) is 1.96. The van der Waals surface area contributed by atoms with E-state index in [0.29, 0.717) is 19.4 Å². The molecule has 1 heterocycles. The fourth-order valence-electron chi connectivity index (χ4n) is 3.03. The van der Waals surface area contributed by atoms with Gasteiger partial charge in [-0.2, -0.15) is 0 Å². The molecule has 0 aromatic heterocycles. The van der Waals surface area contributed by atoms with Crippen molar-refractivity contribution in [2.24, 2.45) is 11.3 Å². The minimum atomic E-state index is -2.94. The van der Waals surface area contributed by atoms with E-state index in [1.165, 1.54) is 0 Å². The van der Waals surface area contributed by atoms with Crippen LogP contribution in [0.2, 0.25) is 0 Å². The number of ether oxygens (including phenoxy) is 1. The quantitative estimate of drug-likeness (QED) is 0.758. The molecule has 1 saturated carbocycles. The van der Waals surface area contributed by atoms with Gasteiger partial charge in [0.05, 0.1) is 6.61 Å². The van der Waals surface area contributed by atoms with Crippen LogP contribution in [-0.2, 0) is 9.53 Å². The fraction of sp³-hybridized carbons (Fsp3) is 0.917. The van der Waals surface area contributed by atoms with Gasteiger partial charge in [-0.25, -0.2) is 8.78 Å². The first kappa shape index (κ1) is 12.7.